The molecule has 1 fully saturated rings. The van der Waals surface area contributed by atoms with E-state index in [9.17, 15) is 9.59 Å². The topological polar surface area (TPSA) is 62.2 Å². The Balaban J connectivity index is 1.53. The highest BCUT2D eigenvalue weighted by atomic mass is 16.5. The number of hydrogen-bond acceptors (Lipinski definition) is 5. The van der Waals surface area contributed by atoms with Gasteiger partial charge in [0.05, 0.1) is 30.8 Å². The minimum Gasteiger partial charge on any atom is -0.466 e. The summed E-state index contributed by atoms with van der Waals surface area (Å²) in [5.74, 6) is -0.176. The molecule has 180 valence electrons. The van der Waals surface area contributed by atoms with E-state index in [1.807, 2.05) is 13.0 Å². The molecule has 1 unspecified atom stereocenters. The number of likely N-dealkylation sites (tertiary alicyclic amines) is 1. The maximum Gasteiger partial charge on any atom is 0.309 e. The lowest BCUT2D eigenvalue weighted by atomic mass is 9.93. The predicted octanol–water partition coefficient (Wildman–Crippen LogP) is 4.56. The van der Waals surface area contributed by atoms with Crippen molar-refractivity contribution >= 4 is 17.6 Å². The van der Waals surface area contributed by atoms with Crippen LogP contribution in [-0.4, -0.2) is 53.7 Å². The zero-order chi connectivity index (χ0) is 24.2. The van der Waals surface area contributed by atoms with Crippen molar-refractivity contribution in [3.05, 3.63) is 70.3 Å². The lowest BCUT2D eigenvalue weighted by molar-refractivity contribution is -0.149. The van der Waals surface area contributed by atoms with Gasteiger partial charge in [-0.25, -0.2) is 5.01 Å². The number of hydrogen-bond donors (Lipinski definition) is 0. The number of carbonyl (C=O) groups is 2. The van der Waals surface area contributed by atoms with Crippen molar-refractivity contribution in [1.29, 1.82) is 0 Å². The summed E-state index contributed by atoms with van der Waals surface area (Å²) in [4.78, 5) is 27.7. The Bertz CT molecular complexity index is 1090. The first-order valence-electron chi connectivity index (χ1n) is 12.3. The molecule has 2 aliphatic rings. The molecule has 2 heterocycles. The van der Waals surface area contributed by atoms with Gasteiger partial charge in [0.2, 0.25) is 0 Å². The van der Waals surface area contributed by atoms with Gasteiger partial charge in [-0.1, -0.05) is 53.6 Å². The summed E-state index contributed by atoms with van der Waals surface area (Å²) in [6, 6.07) is 14.6. The molecule has 6 nitrogen and oxygen atoms in total. The molecule has 2 aliphatic heterocycles. The molecule has 0 saturated carbocycles. The van der Waals surface area contributed by atoms with Crippen LogP contribution >= 0.6 is 0 Å². The first-order chi connectivity index (χ1) is 16.4. The Labute approximate surface area is 202 Å². The van der Waals surface area contributed by atoms with Crippen LogP contribution in [0.15, 0.2) is 47.6 Å². The van der Waals surface area contributed by atoms with Gasteiger partial charge in [0.25, 0.3) is 5.91 Å². The van der Waals surface area contributed by atoms with E-state index in [0.29, 0.717) is 32.7 Å². The molecule has 1 amide bonds. The lowest BCUT2D eigenvalue weighted by Crippen LogP contribution is -2.43. The van der Waals surface area contributed by atoms with E-state index in [-0.39, 0.29) is 23.8 Å². The predicted molar refractivity (Wildman–Crippen MR) is 134 cm³/mol. The fraction of sp³-hybridized carbons (Fsp3) is 0.464. The van der Waals surface area contributed by atoms with Gasteiger partial charge in [0, 0.05) is 6.42 Å². The van der Waals surface area contributed by atoms with Crippen molar-refractivity contribution < 1.29 is 14.3 Å². The first kappa shape index (κ1) is 24.1. The maximum atomic E-state index is 13.5. The molecule has 6 heteroatoms. The van der Waals surface area contributed by atoms with Crippen LogP contribution in [0.3, 0.4) is 0 Å². The number of rotatable bonds is 6. The third-order valence-electron chi connectivity index (χ3n) is 6.88. The molecule has 2 aromatic carbocycles. The van der Waals surface area contributed by atoms with Gasteiger partial charge in [0.1, 0.15) is 0 Å². The van der Waals surface area contributed by atoms with E-state index in [1.54, 1.807) is 5.01 Å². The number of benzene rings is 2. The van der Waals surface area contributed by atoms with Gasteiger partial charge >= 0.3 is 5.97 Å². The monoisotopic (exact) mass is 461 g/mol. The normalized spacial score (nSPS) is 19.2. The molecule has 0 N–H and O–H groups in total. The summed E-state index contributed by atoms with van der Waals surface area (Å²) in [5, 5.41) is 6.57. The molecule has 1 atom stereocenters. The highest BCUT2D eigenvalue weighted by Crippen LogP contribution is 2.35. The quantitative estimate of drug-likeness (QED) is 0.592. The molecule has 0 spiro atoms. The maximum absolute atomic E-state index is 13.5. The first-order valence-corrected chi connectivity index (χ1v) is 12.3. The van der Waals surface area contributed by atoms with E-state index in [0.717, 1.165) is 29.7 Å². The molecule has 0 bridgehead atoms. The largest absolute Gasteiger partial charge is 0.466 e. The fourth-order valence-electron chi connectivity index (χ4n) is 4.95. The van der Waals surface area contributed by atoms with Crippen LogP contribution in [0.1, 0.15) is 60.0 Å². The Morgan fingerprint density at radius 2 is 1.76 bits per heavy atom. The van der Waals surface area contributed by atoms with Gasteiger partial charge in [-0.3, -0.25) is 14.5 Å². The van der Waals surface area contributed by atoms with E-state index < -0.39 is 0 Å². The van der Waals surface area contributed by atoms with Crippen LogP contribution in [-0.2, 0) is 14.3 Å². The van der Waals surface area contributed by atoms with Gasteiger partial charge in [-0.05, 0) is 70.3 Å². The highest BCUT2D eigenvalue weighted by Gasteiger charge is 2.35. The summed E-state index contributed by atoms with van der Waals surface area (Å²) in [6.07, 6.45) is 2.15. The number of ether oxygens (including phenoxy) is 1. The SMILES string of the molecule is CCOC(=O)C1CCN(CC(=O)N2N=C(c3cccc(C)c3)CC2c2cc(C)ccc2C)CC1. The second-order valence-electron chi connectivity index (χ2n) is 9.54. The zero-order valence-corrected chi connectivity index (χ0v) is 20.7. The highest BCUT2D eigenvalue weighted by molar-refractivity contribution is 6.03. The molecule has 1 saturated heterocycles. The minimum absolute atomic E-state index is 0.00291. The summed E-state index contributed by atoms with van der Waals surface area (Å²) in [6.45, 7) is 10.2. The number of amides is 1. The van der Waals surface area contributed by atoms with Crippen LogP contribution in [0.4, 0.5) is 0 Å². The number of hydrazone groups is 1. The van der Waals surface area contributed by atoms with Crippen molar-refractivity contribution in [2.75, 3.05) is 26.2 Å². The van der Waals surface area contributed by atoms with Crippen LogP contribution in [0, 0.1) is 26.7 Å². The average Bonchev–Trinajstić information content (AvgIpc) is 3.27. The van der Waals surface area contributed by atoms with Crippen LogP contribution in [0.25, 0.3) is 0 Å². The van der Waals surface area contributed by atoms with Gasteiger partial charge in [-0.2, -0.15) is 5.10 Å². The third-order valence-corrected chi connectivity index (χ3v) is 6.88. The molecule has 2 aromatic rings. The fourth-order valence-corrected chi connectivity index (χ4v) is 4.95. The summed E-state index contributed by atoms with van der Waals surface area (Å²) >= 11 is 0. The number of nitrogens with zero attached hydrogens (tertiary/aromatic N) is 3. The van der Waals surface area contributed by atoms with Crippen LogP contribution < -0.4 is 0 Å². The number of aryl methyl sites for hydroxylation is 3. The summed E-state index contributed by atoms with van der Waals surface area (Å²) < 4.78 is 5.17. The minimum atomic E-state index is -0.115. The van der Waals surface area contributed by atoms with Crippen molar-refractivity contribution in [2.24, 2.45) is 11.0 Å². The smallest absolute Gasteiger partial charge is 0.309 e. The molecule has 34 heavy (non-hydrogen) atoms. The molecule has 4 rings (SSSR count). The van der Waals surface area contributed by atoms with E-state index >= 15 is 0 Å². The van der Waals surface area contributed by atoms with Crippen LogP contribution in [0.5, 0.6) is 0 Å². The Morgan fingerprint density at radius 3 is 2.47 bits per heavy atom. The van der Waals surface area contributed by atoms with Gasteiger partial charge in [0.15, 0.2) is 0 Å². The Kier molecular flexibility index (Phi) is 7.47. The van der Waals surface area contributed by atoms with E-state index in [1.165, 1.54) is 16.7 Å². The second kappa shape index (κ2) is 10.5. The van der Waals surface area contributed by atoms with Crippen molar-refractivity contribution in [3.63, 3.8) is 0 Å². The molecular weight excluding hydrogens is 426 g/mol. The third kappa shape index (κ3) is 5.39. The molecule has 0 aliphatic carbocycles. The van der Waals surface area contributed by atoms with Gasteiger partial charge in [-0.15, -0.1) is 0 Å². The summed E-state index contributed by atoms with van der Waals surface area (Å²) in [7, 11) is 0. The molecule has 0 radical (unpaired) electrons. The summed E-state index contributed by atoms with van der Waals surface area (Å²) in [5.41, 5.74) is 6.70. The van der Waals surface area contributed by atoms with E-state index in [2.05, 4.69) is 62.1 Å². The van der Waals surface area contributed by atoms with Crippen LogP contribution in [0.2, 0.25) is 0 Å². The standard InChI is InChI=1S/C28H35N3O3/c1-5-34-28(33)22-11-13-30(14-12-22)18-27(32)31-26(24-16-20(3)9-10-21(24)4)17-25(29-31)23-8-6-7-19(2)15-23/h6-10,15-16,22,26H,5,11-14,17-18H2,1-4H3. The van der Waals surface area contributed by atoms with E-state index in [4.69, 9.17) is 9.84 Å². The second-order valence-corrected chi connectivity index (χ2v) is 9.54. The number of piperidine rings is 1. The lowest BCUT2D eigenvalue weighted by Gasteiger charge is -2.32. The number of esters is 1. The van der Waals surface area contributed by atoms with Crippen molar-refractivity contribution in [2.45, 2.75) is 53.0 Å². The molecular formula is C28H35N3O3. The van der Waals surface area contributed by atoms with Gasteiger partial charge < -0.3 is 4.74 Å². The Morgan fingerprint density at radius 1 is 1.03 bits per heavy atom. The van der Waals surface area contributed by atoms with Crippen molar-refractivity contribution in [3.8, 4) is 0 Å². The molecule has 0 aromatic heterocycles. The zero-order valence-electron chi connectivity index (χ0n) is 20.7. The van der Waals surface area contributed by atoms with Crippen molar-refractivity contribution in [1.82, 2.24) is 9.91 Å². The number of carbonyl (C=O) groups excluding carboxylic acids is 2. The Hall–Kier alpha value is -2.99. The average molecular weight is 462 g/mol.